The van der Waals surface area contributed by atoms with Crippen LogP contribution in [0.2, 0.25) is 0 Å². The van der Waals surface area contributed by atoms with Gasteiger partial charge >= 0.3 is 0 Å². The lowest BCUT2D eigenvalue weighted by atomic mass is 9.96. The zero-order valence-electron chi connectivity index (χ0n) is 17.9. The van der Waals surface area contributed by atoms with E-state index in [2.05, 4.69) is 98.1 Å². The van der Waals surface area contributed by atoms with Gasteiger partial charge in [-0.1, -0.05) is 40.2 Å². The molecule has 3 heterocycles. The molecule has 0 amide bonds. The van der Waals surface area contributed by atoms with Gasteiger partial charge in [0, 0.05) is 33.4 Å². The van der Waals surface area contributed by atoms with Gasteiger partial charge in [0.25, 0.3) is 0 Å². The Hall–Kier alpha value is -2.96. The minimum absolute atomic E-state index is 0.0183. The van der Waals surface area contributed by atoms with Crippen molar-refractivity contribution in [1.29, 1.82) is 0 Å². The molecule has 0 aliphatic carbocycles. The molecule has 4 nitrogen and oxygen atoms in total. The SMILES string of the molecule is Cc1cc(C2C(c3ccccn3)NC(=S)N2c2ccccc2)c(C)n1-c1ccc(Br)cc1. The first-order valence-corrected chi connectivity index (χ1v) is 11.7. The molecular formula is C26H23BrN4S. The molecule has 0 bridgehead atoms. The largest absolute Gasteiger partial charge is 0.351 e. The molecule has 2 aromatic heterocycles. The average Bonchev–Trinajstić information content (AvgIpc) is 3.31. The van der Waals surface area contributed by atoms with E-state index in [0.717, 1.165) is 21.5 Å². The van der Waals surface area contributed by atoms with Crippen LogP contribution in [0.15, 0.2) is 89.5 Å². The van der Waals surface area contributed by atoms with Crippen molar-refractivity contribution in [3.05, 3.63) is 112 Å². The highest BCUT2D eigenvalue weighted by Gasteiger charge is 2.42. The van der Waals surface area contributed by atoms with Crippen molar-refractivity contribution < 1.29 is 0 Å². The highest BCUT2D eigenvalue weighted by molar-refractivity contribution is 9.10. The molecular weight excluding hydrogens is 480 g/mol. The molecule has 6 heteroatoms. The summed E-state index contributed by atoms with van der Waals surface area (Å²) in [7, 11) is 0. The number of halogens is 1. The highest BCUT2D eigenvalue weighted by Crippen LogP contribution is 2.43. The minimum Gasteiger partial charge on any atom is -0.351 e. The number of para-hydroxylation sites is 1. The van der Waals surface area contributed by atoms with E-state index in [4.69, 9.17) is 12.2 Å². The molecule has 0 saturated carbocycles. The molecule has 1 N–H and O–H groups in total. The van der Waals surface area contributed by atoms with Crippen LogP contribution >= 0.6 is 28.1 Å². The van der Waals surface area contributed by atoms with E-state index in [0.29, 0.717) is 5.11 Å². The van der Waals surface area contributed by atoms with Gasteiger partial charge in [0.2, 0.25) is 0 Å². The Balaban J connectivity index is 1.67. The number of aryl methyl sites for hydroxylation is 1. The topological polar surface area (TPSA) is 33.1 Å². The van der Waals surface area contributed by atoms with Gasteiger partial charge in [0.05, 0.1) is 17.8 Å². The molecule has 1 fully saturated rings. The van der Waals surface area contributed by atoms with E-state index < -0.39 is 0 Å². The van der Waals surface area contributed by atoms with E-state index in [1.54, 1.807) is 0 Å². The molecule has 2 unspecified atom stereocenters. The molecule has 2 atom stereocenters. The summed E-state index contributed by atoms with van der Waals surface area (Å²) in [5, 5.41) is 4.26. The first-order chi connectivity index (χ1) is 15.5. The third-order valence-electron chi connectivity index (χ3n) is 6.01. The zero-order chi connectivity index (χ0) is 22.2. The molecule has 4 aromatic rings. The number of rotatable bonds is 4. The monoisotopic (exact) mass is 502 g/mol. The Morgan fingerprint density at radius 2 is 1.62 bits per heavy atom. The molecule has 2 aromatic carbocycles. The van der Waals surface area contributed by atoms with Crippen LogP contribution in [0.1, 0.15) is 34.7 Å². The van der Waals surface area contributed by atoms with Gasteiger partial charge in [-0.05, 0) is 86.2 Å². The number of hydrogen-bond acceptors (Lipinski definition) is 2. The predicted octanol–water partition coefficient (Wildman–Crippen LogP) is 6.43. The van der Waals surface area contributed by atoms with Crippen molar-refractivity contribution in [2.45, 2.75) is 25.9 Å². The van der Waals surface area contributed by atoms with E-state index in [1.165, 1.54) is 17.0 Å². The molecule has 1 aliphatic heterocycles. The predicted molar refractivity (Wildman–Crippen MR) is 137 cm³/mol. The summed E-state index contributed by atoms with van der Waals surface area (Å²) in [5.41, 5.74) is 6.81. The second-order valence-electron chi connectivity index (χ2n) is 7.97. The summed E-state index contributed by atoms with van der Waals surface area (Å²) in [6.07, 6.45) is 1.84. The number of nitrogens with one attached hydrogen (secondary N) is 1. The van der Waals surface area contributed by atoms with Crippen molar-refractivity contribution in [3.63, 3.8) is 0 Å². The lowest BCUT2D eigenvalue weighted by molar-refractivity contribution is 0.565. The number of pyridine rings is 1. The van der Waals surface area contributed by atoms with E-state index in [9.17, 15) is 0 Å². The van der Waals surface area contributed by atoms with Crippen LogP contribution in [-0.2, 0) is 0 Å². The first kappa shape index (κ1) is 20.9. The fourth-order valence-corrected chi connectivity index (χ4v) is 5.22. The number of nitrogens with zero attached hydrogens (tertiary/aromatic N) is 3. The standard InChI is InChI=1S/C26H23BrN4S/c1-17-16-22(18(2)30(17)21-13-11-19(27)12-14-21)25-24(23-10-6-7-15-28-23)29-26(32)31(25)20-8-4-3-5-9-20/h3-16,24-25H,1-2H3,(H,29,32). The number of benzene rings is 2. The Labute approximate surface area is 202 Å². The Kier molecular flexibility index (Phi) is 5.57. The highest BCUT2D eigenvalue weighted by atomic mass is 79.9. The quantitative estimate of drug-likeness (QED) is 0.326. The first-order valence-electron chi connectivity index (χ1n) is 10.5. The van der Waals surface area contributed by atoms with Gasteiger partial charge in [-0.15, -0.1) is 0 Å². The van der Waals surface area contributed by atoms with Crippen LogP contribution in [0.4, 0.5) is 5.69 Å². The second kappa shape index (κ2) is 8.52. The summed E-state index contributed by atoms with van der Waals surface area (Å²) in [4.78, 5) is 6.89. The van der Waals surface area contributed by atoms with E-state index in [1.807, 2.05) is 36.5 Å². The third-order valence-corrected chi connectivity index (χ3v) is 6.85. The van der Waals surface area contributed by atoms with Crippen LogP contribution < -0.4 is 10.2 Å². The van der Waals surface area contributed by atoms with E-state index >= 15 is 0 Å². The van der Waals surface area contributed by atoms with Gasteiger partial charge in [-0.3, -0.25) is 4.98 Å². The van der Waals surface area contributed by atoms with Crippen molar-refractivity contribution in [2.24, 2.45) is 0 Å². The van der Waals surface area contributed by atoms with Gasteiger partial charge in [0.1, 0.15) is 0 Å². The fraction of sp³-hybridized carbons (Fsp3) is 0.154. The molecule has 32 heavy (non-hydrogen) atoms. The van der Waals surface area contributed by atoms with Gasteiger partial charge in [-0.2, -0.15) is 0 Å². The molecule has 1 aliphatic rings. The summed E-state index contributed by atoms with van der Waals surface area (Å²) in [5.74, 6) is 0. The number of aromatic nitrogens is 2. The fourth-order valence-electron chi connectivity index (χ4n) is 4.61. The molecule has 1 saturated heterocycles. The van der Waals surface area contributed by atoms with Crippen LogP contribution in [0.25, 0.3) is 5.69 Å². The van der Waals surface area contributed by atoms with Crippen LogP contribution in [0.5, 0.6) is 0 Å². The van der Waals surface area contributed by atoms with Gasteiger partial charge in [-0.25, -0.2) is 0 Å². The summed E-state index contributed by atoms with van der Waals surface area (Å²) in [6.45, 7) is 4.34. The maximum atomic E-state index is 5.84. The number of thiocarbonyl (C=S) groups is 1. The molecule has 160 valence electrons. The molecule has 0 radical (unpaired) electrons. The van der Waals surface area contributed by atoms with Gasteiger partial charge < -0.3 is 14.8 Å². The normalized spacial score (nSPS) is 18.1. The Bertz CT molecular complexity index is 1250. The lowest BCUT2D eigenvalue weighted by Gasteiger charge is -2.28. The summed E-state index contributed by atoms with van der Waals surface area (Å²) >= 11 is 9.39. The Morgan fingerprint density at radius 3 is 2.31 bits per heavy atom. The van der Waals surface area contributed by atoms with Crippen molar-refractivity contribution in [2.75, 3.05) is 4.90 Å². The van der Waals surface area contributed by atoms with Crippen LogP contribution in [-0.4, -0.2) is 14.7 Å². The maximum absolute atomic E-state index is 5.84. The smallest absolute Gasteiger partial charge is 0.174 e. The van der Waals surface area contributed by atoms with Crippen LogP contribution in [0, 0.1) is 13.8 Å². The van der Waals surface area contributed by atoms with E-state index in [-0.39, 0.29) is 12.1 Å². The molecule has 0 spiro atoms. The van der Waals surface area contributed by atoms with Crippen LogP contribution in [0.3, 0.4) is 0 Å². The van der Waals surface area contributed by atoms with Crippen molar-refractivity contribution >= 4 is 38.9 Å². The minimum atomic E-state index is -0.0530. The maximum Gasteiger partial charge on any atom is 0.174 e. The number of hydrogen-bond donors (Lipinski definition) is 1. The lowest BCUT2D eigenvalue weighted by Crippen LogP contribution is -2.29. The third kappa shape index (κ3) is 3.63. The zero-order valence-corrected chi connectivity index (χ0v) is 20.3. The number of anilines is 1. The van der Waals surface area contributed by atoms with Crippen molar-refractivity contribution in [3.8, 4) is 5.69 Å². The average molecular weight is 503 g/mol. The van der Waals surface area contributed by atoms with Gasteiger partial charge in [0.15, 0.2) is 5.11 Å². The summed E-state index contributed by atoms with van der Waals surface area (Å²) < 4.78 is 3.38. The molecule has 5 rings (SSSR count). The van der Waals surface area contributed by atoms with Crippen molar-refractivity contribution in [1.82, 2.24) is 14.9 Å². The Morgan fingerprint density at radius 1 is 0.906 bits per heavy atom. The summed E-state index contributed by atoms with van der Waals surface area (Å²) in [6, 6.07) is 27.0. The second-order valence-corrected chi connectivity index (χ2v) is 9.27.